The normalized spacial score (nSPS) is 17.5. The lowest BCUT2D eigenvalue weighted by atomic mass is 10.1. The van der Waals surface area contributed by atoms with Crippen LogP contribution in [0.2, 0.25) is 0 Å². The van der Waals surface area contributed by atoms with Gasteiger partial charge in [-0.3, -0.25) is 5.32 Å². The van der Waals surface area contributed by atoms with Gasteiger partial charge in [0.25, 0.3) is 5.91 Å². The van der Waals surface area contributed by atoms with Gasteiger partial charge in [0.2, 0.25) is 11.6 Å². The highest BCUT2D eigenvalue weighted by molar-refractivity contribution is 5.81. The molecular weight excluding hydrogens is 192 g/mol. The van der Waals surface area contributed by atoms with Crippen molar-refractivity contribution in [3.05, 3.63) is 34.5 Å². The number of nitrogens with two attached hydrogens (primary N) is 1. The lowest BCUT2D eigenvalue weighted by Crippen LogP contribution is -2.29. The van der Waals surface area contributed by atoms with Crippen molar-refractivity contribution in [1.29, 1.82) is 0 Å². The predicted octanol–water partition coefficient (Wildman–Crippen LogP) is 1.22. The molecule has 0 aliphatic heterocycles. The molecule has 5 heteroatoms. The van der Waals surface area contributed by atoms with Crippen LogP contribution in [0.1, 0.15) is 25.7 Å². The summed E-state index contributed by atoms with van der Waals surface area (Å²) in [5.41, 5.74) is 5.27. The second-order valence-electron chi connectivity index (χ2n) is 3.43. The van der Waals surface area contributed by atoms with Gasteiger partial charge in [0.1, 0.15) is 0 Å². The minimum Gasteiger partial charge on any atom is -0.374 e. The fourth-order valence-corrected chi connectivity index (χ4v) is 1.61. The van der Waals surface area contributed by atoms with E-state index in [0.29, 0.717) is 0 Å². The SMILES string of the molecule is [C-]#[N+]/C(N)=C(\[N+]#[C-])NC(=O)C1CCCC1. The minimum absolute atomic E-state index is 0.0275. The predicted molar refractivity (Wildman–Crippen MR) is 54.5 cm³/mol. The molecule has 1 amide bonds. The largest absolute Gasteiger partial charge is 0.374 e. The highest BCUT2D eigenvalue weighted by Gasteiger charge is 2.25. The molecule has 0 aromatic heterocycles. The van der Waals surface area contributed by atoms with Gasteiger partial charge in [0, 0.05) is 0 Å². The van der Waals surface area contributed by atoms with Crippen molar-refractivity contribution in [3.63, 3.8) is 0 Å². The second-order valence-corrected chi connectivity index (χ2v) is 3.43. The van der Waals surface area contributed by atoms with Crippen molar-refractivity contribution < 1.29 is 4.79 Å². The summed E-state index contributed by atoms with van der Waals surface area (Å²) in [6.45, 7) is 13.4. The van der Waals surface area contributed by atoms with Crippen LogP contribution in [0.4, 0.5) is 0 Å². The van der Waals surface area contributed by atoms with E-state index in [1.54, 1.807) is 0 Å². The average Bonchev–Trinajstić information content (AvgIpc) is 2.77. The fourth-order valence-electron chi connectivity index (χ4n) is 1.61. The van der Waals surface area contributed by atoms with Crippen molar-refractivity contribution in [2.75, 3.05) is 0 Å². The van der Waals surface area contributed by atoms with E-state index in [1.165, 1.54) is 0 Å². The van der Waals surface area contributed by atoms with Crippen molar-refractivity contribution >= 4 is 5.91 Å². The molecule has 3 N–H and O–H groups in total. The molecule has 0 aromatic carbocycles. The zero-order chi connectivity index (χ0) is 11.3. The zero-order valence-electron chi connectivity index (χ0n) is 8.29. The van der Waals surface area contributed by atoms with Crippen molar-refractivity contribution in [2.45, 2.75) is 25.7 Å². The molecule has 1 saturated carbocycles. The third-order valence-corrected chi connectivity index (χ3v) is 2.44. The smallest absolute Gasteiger partial charge is 0.294 e. The van der Waals surface area contributed by atoms with Crippen LogP contribution < -0.4 is 11.1 Å². The van der Waals surface area contributed by atoms with Crippen LogP contribution in [0.3, 0.4) is 0 Å². The number of rotatable bonds is 2. The summed E-state index contributed by atoms with van der Waals surface area (Å²) in [6.07, 6.45) is 3.81. The van der Waals surface area contributed by atoms with E-state index in [0.717, 1.165) is 25.7 Å². The first-order valence-electron chi connectivity index (χ1n) is 4.74. The van der Waals surface area contributed by atoms with Gasteiger partial charge in [0.15, 0.2) is 0 Å². The molecule has 0 heterocycles. The number of nitrogens with zero attached hydrogens (tertiary/aromatic N) is 2. The van der Waals surface area contributed by atoms with E-state index in [-0.39, 0.29) is 23.5 Å². The Labute approximate surface area is 88.6 Å². The van der Waals surface area contributed by atoms with Crippen LogP contribution in [0.15, 0.2) is 11.6 Å². The molecule has 5 nitrogen and oxygen atoms in total. The van der Waals surface area contributed by atoms with E-state index in [1.807, 2.05) is 0 Å². The highest BCUT2D eigenvalue weighted by atomic mass is 16.2. The third-order valence-electron chi connectivity index (χ3n) is 2.44. The Kier molecular flexibility index (Phi) is 3.70. The van der Waals surface area contributed by atoms with Crippen LogP contribution in [-0.2, 0) is 4.79 Å². The number of hydrogen-bond donors (Lipinski definition) is 2. The maximum Gasteiger partial charge on any atom is 0.294 e. The van der Waals surface area contributed by atoms with Crippen molar-refractivity contribution in [1.82, 2.24) is 5.32 Å². The van der Waals surface area contributed by atoms with Crippen molar-refractivity contribution in [3.8, 4) is 0 Å². The summed E-state index contributed by atoms with van der Waals surface area (Å²) in [4.78, 5) is 17.5. The Morgan fingerprint density at radius 2 is 1.87 bits per heavy atom. The van der Waals surface area contributed by atoms with Gasteiger partial charge in [-0.25, -0.2) is 4.79 Å². The standard InChI is InChI=1S/C10H12N4O/c1-12-8(11)9(13-2)14-10(15)7-5-3-4-6-7/h7H,3-6,11H2,(H,14,15)/b9-8+. The maximum absolute atomic E-state index is 11.6. The van der Waals surface area contributed by atoms with E-state index in [4.69, 9.17) is 18.9 Å². The number of carbonyl (C=O) groups excluding carboxylic acids is 1. The van der Waals surface area contributed by atoms with Crippen LogP contribution in [0, 0.1) is 19.1 Å². The highest BCUT2D eigenvalue weighted by Crippen LogP contribution is 2.25. The summed E-state index contributed by atoms with van der Waals surface area (Å²) in [6, 6.07) is 0. The quantitative estimate of drug-likeness (QED) is 0.664. The first-order valence-corrected chi connectivity index (χ1v) is 4.74. The fraction of sp³-hybridized carbons (Fsp3) is 0.500. The molecule has 0 saturated heterocycles. The Bertz CT molecular complexity index is 366. The first kappa shape index (κ1) is 11.1. The Morgan fingerprint density at radius 3 is 2.33 bits per heavy atom. The zero-order valence-corrected chi connectivity index (χ0v) is 8.29. The molecule has 1 fully saturated rings. The molecule has 1 rings (SSSR count). The number of carbonyl (C=O) groups is 1. The molecule has 0 spiro atoms. The van der Waals surface area contributed by atoms with Gasteiger partial charge in [-0.1, -0.05) is 26.0 Å². The summed E-state index contributed by atoms with van der Waals surface area (Å²) < 4.78 is 0. The summed E-state index contributed by atoms with van der Waals surface area (Å²) in [5, 5.41) is 2.41. The minimum atomic E-state index is -0.253. The molecule has 0 aromatic rings. The number of hydrogen-bond acceptors (Lipinski definition) is 2. The number of amides is 1. The molecule has 1 aliphatic carbocycles. The lowest BCUT2D eigenvalue weighted by Gasteiger charge is -2.07. The van der Waals surface area contributed by atoms with Gasteiger partial charge in [-0.15, -0.1) is 0 Å². The summed E-state index contributed by atoms with van der Waals surface area (Å²) in [7, 11) is 0. The van der Waals surface area contributed by atoms with E-state index < -0.39 is 0 Å². The van der Waals surface area contributed by atoms with Crippen LogP contribution in [-0.4, -0.2) is 5.91 Å². The van der Waals surface area contributed by atoms with E-state index in [9.17, 15) is 4.79 Å². The molecule has 1 aliphatic rings. The van der Waals surface area contributed by atoms with Crippen molar-refractivity contribution in [2.24, 2.45) is 11.7 Å². The molecular formula is C10H12N4O. The Balaban J connectivity index is 2.65. The second kappa shape index (κ2) is 5.02. The van der Waals surface area contributed by atoms with Gasteiger partial charge >= 0.3 is 0 Å². The maximum atomic E-state index is 11.6. The van der Waals surface area contributed by atoms with E-state index >= 15 is 0 Å². The van der Waals surface area contributed by atoms with Crippen LogP contribution in [0.5, 0.6) is 0 Å². The summed E-state index contributed by atoms with van der Waals surface area (Å²) in [5.74, 6) is -0.622. The van der Waals surface area contributed by atoms with E-state index in [2.05, 4.69) is 15.0 Å². The Morgan fingerprint density at radius 1 is 1.27 bits per heavy atom. The monoisotopic (exact) mass is 204 g/mol. The first-order chi connectivity index (χ1) is 7.19. The average molecular weight is 204 g/mol. The van der Waals surface area contributed by atoms with Crippen LogP contribution in [0.25, 0.3) is 9.69 Å². The van der Waals surface area contributed by atoms with Gasteiger partial charge in [0.05, 0.1) is 5.92 Å². The molecule has 0 bridgehead atoms. The van der Waals surface area contributed by atoms with Gasteiger partial charge in [-0.05, 0) is 12.8 Å². The topological polar surface area (TPSA) is 63.8 Å². The lowest BCUT2D eigenvalue weighted by molar-refractivity contribution is -0.124. The van der Waals surface area contributed by atoms with Gasteiger partial charge < -0.3 is 15.4 Å². The molecule has 0 radical (unpaired) electrons. The van der Waals surface area contributed by atoms with Crippen LogP contribution >= 0.6 is 0 Å². The summed E-state index contributed by atoms with van der Waals surface area (Å²) >= 11 is 0. The third kappa shape index (κ3) is 2.72. The molecule has 15 heavy (non-hydrogen) atoms. The number of nitrogens with one attached hydrogen (secondary N) is 1. The van der Waals surface area contributed by atoms with Gasteiger partial charge in [-0.2, -0.15) is 0 Å². The molecule has 0 atom stereocenters. The Hall–Kier alpha value is -2.01. The molecule has 78 valence electrons. The molecule has 0 unspecified atom stereocenters.